The number of furan rings is 1. The van der Waals surface area contributed by atoms with Gasteiger partial charge in [0.1, 0.15) is 17.8 Å². The van der Waals surface area contributed by atoms with Gasteiger partial charge in [-0.1, -0.05) is 34.6 Å². The van der Waals surface area contributed by atoms with E-state index in [1.807, 2.05) is 6.07 Å². The maximum absolute atomic E-state index is 13.4. The molecular formula is C29H40O7. The number of carbonyl (C=O) groups excluding carboxylic acids is 2. The van der Waals surface area contributed by atoms with Gasteiger partial charge in [0.25, 0.3) is 0 Å². The van der Waals surface area contributed by atoms with Crippen LogP contribution in [-0.4, -0.2) is 52.0 Å². The fourth-order valence-electron chi connectivity index (χ4n) is 10.3. The predicted molar refractivity (Wildman–Crippen MR) is 130 cm³/mol. The van der Waals surface area contributed by atoms with Gasteiger partial charge in [0.2, 0.25) is 0 Å². The largest absolute Gasteiger partial charge is 0.472 e. The number of rotatable bonds is 2. The molecule has 198 valence electrons. The van der Waals surface area contributed by atoms with Crippen LogP contribution in [0, 0.1) is 33.5 Å². The molecule has 0 radical (unpaired) electrons. The van der Waals surface area contributed by atoms with Gasteiger partial charge in [0.15, 0.2) is 5.78 Å². The number of fused-ring (bicyclic) bond motifs is 3. The van der Waals surface area contributed by atoms with Gasteiger partial charge in [-0.15, -0.1) is 0 Å². The second-order valence-electron chi connectivity index (χ2n) is 13.6. The fourth-order valence-corrected chi connectivity index (χ4v) is 10.3. The Morgan fingerprint density at radius 3 is 2.44 bits per heavy atom. The summed E-state index contributed by atoms with van der Waals surface area (Å²) in [5.41, 5.74) is -1.81. The molecule has 6 rings (SSSR count). The van der Waals surface area contributed by atoms with Crippen molar-refractivity contribution in [3.8, 4) is 0 Å². The zero-order valence-electron chi connectivity index (χ0n) is 22.2. The highest BCUT2D eigenvalue weighted by Crippen LogP contribution is 2.80. The SMILES string of the molecule is CC(=O)O[C@H]1C[C@@H](O)C(C)(C)[C@H]2C[C@@H](O)[C@]3(C)[C@H](CC[C@@]4(C)[C@H](c5ccoc5)CC(=O)[C@@H]5O[C@]534)[C@@]12C. The summed E-state index contributed by atoms with van der Waals surface area (Å²) in [6.07, 6.45) is 3.93. The molecule has 1 aromatic rings. The number of hydrogen-bond donors (Lipinski definition) is 2. The molecule has 0 bridgehead atoms. The van der Waals surface area contributed by atoms with Crippen LogP contribution in [0.2, 0.25) is 0 Å². The van der Waals surface area contributed by atoms with E-state index in [1.54, 1.807) is 12.5 Å². The Morgan fingerprint density at radius 2 is 1.81 bits per heavy atom. The highest BCUT2D eigenvalue weighted by molar-refractivity contribution is 5.90. The summed E-state index contributed by atoms with van der Waals surface area (Å²) in [4.78, 5) is 25.7. The number of epoxide rings is 1. The summed E-state index contributed by atoms with van der Waals surface area (Å²) in [6.45, 7) is 12.1. The Kier molecular flexibility index (Phi) is 4.95. The number of aliphatic hydroxyl groups is 2. The maximum Gasteiger partial charge on any atom is 0.302 e. The van der Waals surface area contributed by atoms with Gasteiger partial charge >= 0.3 is 5.97 Å². The Bertz CT molecular complexity index is 1100. The van der Waals surface area contributed by atoms with Crippen molar-refractivity contribution in [3.05, 3.63) is 24.2 Å². The average molecular weight is 501 g/mol. The molecule has 4 saturated carbocycles. The highest BCUT2D eigenvalue weighted by atomic mass is 16.6. The quantitative estimate of drug-likeness (QED) is 0.466. The average Bonchev–Trinajstić information content (AvgIpc) is 3.37. The van der Waals surface area contributed by atoms with Crippen molar-refractivity contribution in [3.63, 3.8) is 0 Å². The highest BCUT2D eigenvalue weighted by Gasteiger charge is 2.87. The lowest BCUT2D eigenvalue weighted by Gasteiger charge is -2.71. The van der Waals surface area contributed by atoms with Gasteiger partial charge in [-0.05, 0) is 48.1 Å². The van der Waals surface area contributed by atoms with Crippen molar-refractivity contribution in [1.82, 2.24) is 0 Å². The number of ketones is 1. The number of ether oxygens (including phenoxy) is 2. The Morgan fingerprint density at radius 1 is 1.08 bits per heavy atom. The van der Waals surface area contributed by atoms with Crippen LogP contribution >= 0.6 is 0 Å². The first-order valence-electron chi connectivity index (χ1n) is 13.5. The predicted octanol–water partition coefficient (Wildman–Crippen LogP) is 4.01. The molecule has 1 saturated heterocycles. The smallest absolute Gasteiger partial charge is 0.302 e. The normalized spacial score (nSPS) is 52.9. The van der Waals surface area contributed by atoms with E-state index in [0.717, 1.165) is 18.4 Å². The molecule has 5 fully saturated rings. The molecule has 7 heteroatoms. The molecule has 7 nitrogen and oxygen atoms in total. The van der Waals surface area contributed by atoms with Crippen molar-refractivity contribution in [2.75, 3.05) is 0 Å². The lowest BCUT2D eigenvalue weighted by atomic mass is 9.33. The zero-order valence-corrected chi connectivity index (χ0v) is 22.2. The maximum atomic E-state index is 13.4. The van der Waals surface area contributed by atoms with E-state index in [0.29, 0.717) is 19.3 Å². The Hall–Kier alpha value is -1.70. The molecule has 36 heavy (non-hydrogen) atoms. The van der Waals surface area contributed by atoms with Gasteiger partial charge in [0.05, 0.1) is 24.7 Å². The molecule has 0 unspecified atom stereocenters. The summed E-state index contributed by atoms with van der Waals surface area (Å²) in [5, 5.41) is 23.2. The van der Waals surface area contributed by atoms with E-state index in [2.05, 4.69) is 34.6 Å². The van der Waals surface area contributed by atoms with Crippen LogP contribution in [0.25, 0.3) is 0 Å². The number of hydrogen-bond acceptors (Lipinski definition) is 7. The van der Waals surface area contributed by atoms with E-state index in [9.17, 15) is 19.8 Å². The lowest BCUT2D eigenvalue weighted by molar-refractivity contribution is -0.288. The molecule has 2 heterocycles. The second kappa shape index (κ2) is 7.23. The number of carbonyl (C=O) groups is 2. The van der Waals surface area contributed by atoms with Gasteiger partial charge in [0, 0.05) is 41.9 Å². The third kappa shape index (κ3) is 2.60. The third-order valence-electron chi connectivity index (χ3n) is 12.2. The molecule has 0 amide bonds. The molecule has 5 aliphatic rings. The lowest BCUT2D eigenvalue weighted by Crippen LogP contribution is -2.75. The summed E-state index contributed by atoms with van der Waals surface area (Å²) >= 11 is 0. The number of Topliss-reactive ketones (excluding diaryl/α,β-unsaturated/α-hetero) is 1. The van der Waals surface area contributed by atoms with Crippen molar-refractivity contribution in [2.24, 2.45) is 33.5 Å². The molecule has 1 spiro atoms. The minimum atomic E-state index is -0.797. The summed E-state index contributed by atoms with van der Waals surface area (Å²) < 4.78 is 18.0. The summed E-state index contributed by atoms with van der Waals surface area (Å²) in [5.74, 6) is -0.424. The molecule has 11 atom stereocenters. The first-order chi connectivity index (χ1) is 16.8. The molecule has 1 aromatic heterocycles. The van der Waals surface area contributed by atoms with Crippen LogP contribution in [0.1, 0.15) is 85.1 Å². The molecule has 0 aromatic carbocycles. The van der Waals surface area contributed by atoms with Gasteiger partial charge < -0.3 is 24.1 Å². The second-order valence-corrected chi connectivity index (χ2v) is 13.6. The van der Waals surface area contributed by atoms with Crippen molar-refractivity contribution in [2.45, 2.75) is 110 Å². The Labute approximate surface area is 212 Å². The first-order valence-corrected chi connectivity index (χ1v) is 13.5. The van der Waals surface area contributed by atoms with Crippen molar-refractivity contribution in [1.29, 1.82) is 0 Å². The minimum absolute atomic E-state index is 0.0492. The van der Waals surface area contributed by atoms with Gasteiger partial charge in [-0.2, -0.15) is 0 Å². The Balaban J connectivity index is 1.51. The molecule has 1 aliphatic heterocycles. The topological polar surface area (TPSA) is 110 Å². The van der Waals surface area contributed by atoms with Crippen LogP contribution in [0.5, 0.6) is 0 Å². The van der Waals surface area contributed by atoms with E-state index >= 15 is 0 Å². The molecule has 2 N–H and O–H groups in total. The van der Waals surface area contributed by atoms with Crippen molar-refractivity contribution >= 4 is 11.8 Å². The zero-order chi connectivity index (χ0) is 26.1. The van der Waals surface area contributed by atoms with Crippen molar-refractivity contribution < 1.29 is 33.7 Å². The van der Waals surface area contributed by atoms with E-state index in [4.69, 9.17) is 13.9 Å². The van der Waals surface area contributed by atoms with Crippen LogP contribution in [-0.2, 0) is 19.1 Å². The third-order valence-corrected chi connectivity index (χ3v) is 12.2. The van der Waals surface area contributed by atoms with E-state index in [1.165, 1.54) is 6.92 Å². The van der Waals surface area contributed by atoms with Crippen LogP contribution < -0.4 is 0 Å². The van der Waals surface area contributed by atoms with E-state index in [-0.39, 0.29) is 34.9 Å². The summed E-state index contributed by atoms with van der Waals surface area (Å²) in [6, 6.07) is 1.95. The first kappa shape index (κ1) is 24.6. The van der Waals surface area contributed by atoms with E-state index < -0.39 is 46.3 Å². The van der Waals surface area contributed by atoms with Gasteiger partial charge in [-0.3, -0.25) is 9.59 Å². The minimum Gasteiger partial charge on any atom is -0.472 e. The van der Waals surface area contributed by atoms with Crippen LogP contribution in [0.4, 0.5) is 0 Å². The molecule has 4 aliphatic carbocycles. The fraction of sp³-hybridized carbons (Fsp3) is 0.793. The monoisotopic (exact) mass is 500 g/mol. The van der Waals surface area contributed by atoms with Crippen LogP contribution in [0.15, 0.2) is 23.0 Å². The molecular weight excluding hydrogens is 460 g/mol. The number of aliphatic hydroxyl groups excluding tert-OH is 2. The van der Waals surface area contributed by atoms with Gasteiger partial charge in [-0.25, -0.2) is 0 Å². The number of esters is 1. The standard InChI is InChI=1S/C29H40O7/c1-15(30)35-23-13-21(32)25(2,3)20-12-22(33)28(6)19(27(20,23)5)7-9-26(4)17(16-8-10-34-14-16)11-18(31)24-29(26,28)36-24/h8,10,14,17,19-24,32-33H,7,9,11-13H2,1-6H3/t17-,19+,20+,21+,22+,23-,24-,26-,27+,28-,29-/m0/s1. The van der Waals surface area contributed by atoms with Crippen LogP contribution in [0.3, 0.4) is 0 Å². The summed E-state index contributed by atoms with van der Waals surface area (Å²) in [7, 11) is 0.